The first kappa shape index (κ1) is 15.6. The van der Waals surface area contributed by atoms with Crippen LogP contribution in [0.4, 0.5) is 5.82 Å². The topological polar surface area (TPSA) is 83.1 Å². The highest BCUT2D eigenvalue weighted by atomic mass is 35.5. The monoisotopic (exact) mass is 310 g/mol. The number of carbonyl (C=O) groups is 2. The van der Waals surface area contributed by atoms with E-state index in [1.165, 1.54) is 0 Å². The summed E-state index contributed by atoms with van der Waals surface area (Å²) in [6.45, 7) is 3.46. The van der Waals surface area contributed by atoms with Gasteiger partial charge in [0.1, 0.15) is 17.6 Å². The number of carbonyl (C=O) groups excluding carboxylic acids is 2. The lowest BCUT2D eigenvalue weighted by Gasteiger charge is -2.22. The Morgan fingerprint density at radius 1 is 1.52 bits per heavy atom. The maximum Gasteiger partial charge on any atom is 0.272 e. The third kappa shape index (κ3) is 4.07. The van der Waals surface area contributed by atoms with E-state index in [2.05, 4.69) is 20.9 Å². The molecule has 0 aliphatic carbocycles. The van der Waals surface area contributed by atoms with Crippen LogP contribution in [0.5, 0.6) is 0 Å². The van der Waals surface area contributed by atoms with Crippen molar-refractivity contribution in [1.29, 1.82) is 0 Å². The van der Waals surface area contributed by atoms with Crippen molar-refractivity contribution >= 4 is 29.2 Å². The summed E-state index contributed by atoms with van der Waals surface area (Å²) in [5, 5.41) is 8.78. The molecule has 6 nitrogen and oxygen atoms in total. The molecule has 1 aliphatic rings. The Balaban J connectivity index is 2.08. The van der Waals surface area contributed by atoms with Gasteiger partial charge in [-0.15, -0.1) is 0 Å². The molecule has 114 valence electrons. The average molecular weight is 311 g/mol. The maximum absolute atomic E-state index is 12.2. The standard InChI is InChI=1S/C14H19ClN4O2/c1-2-7-16-11-6-5-9(15)12(19-11)14(21)18-10-4-3-8-17-13(10)20/h5-6,10H,2-4,7-8H2,1H3,(H,16,19)(H,17,20)(H,18,21). The van der Waals surface area contributed by atoms with Crippen LogP contribution in [0.1, 0.15) is 36.7 Å². The minimum Gasteiger partial charge on any atom is -0.370 e. The van der Waals surface area contributed by atoms with E-state index < -0.39 is 11.9 Å². The Kier molecular flexibility index (Phi) is 5.38. The predicted molar refractivity (Wildman–Crippen MR) is 81.5 cm³/mol. The molecule has 7 heteroatoms. The highest BCUT2D eigenvalue weighted by Crippen LogP contribution is 2.17. The van der Waals surface area contributed by atoms with Crippen molar-refractivity contribution in [2.24, 2.45) is 0 Å². The van der Waals surface area contributed by atoms with Crippen LogP contribution < -0.4 is 16.0 Å². The Morgan fingerprint density at radius 2 is 2.33 bits per heavy atom. The molecule has 1 unspecified atom stereocenters. The van der Waals surface area contributed by atoms with E-state index in [9.17, 15) is 9.59 Å². The molecule has 0 spiro atoms. The van der Waals surface area contributed by atoms with Crippen LogP contribution in [-0.4, -0.2) is 35.9 Å². The van der Waals surface area contributed by atoms with Crippen LogP contribution in [0.3, 0.4) is 0 Å². The lowest BCUT2D eigenvalue weighted by Crippen LogP contribution is -2.50. The van der Waals surface area contributed by atoms with Gasteiger partial charge in [-0.25, -0.2) is 4.98 Å². The van der Waals surface area contributed by atoms with Crippen molar-refractivity contribution in [1.82, 2.24) is 15.6 Å². The zero-order valence-electron chi connectivity index (χ0n) is 11.9. The smallest absolute Gasteiger partial charge is 0.272 e. The molecule has 1 saturated heterocycles. The van der Waals surface area contributed by atoms with Gasteiger partial charge in [-0.2, -0.15) is 0 Å². The number of nitrogens with one attached hydrogen (secondary N) is 3. The van der Waals surface area contributed by atoms with Crippen molar-refractivity contribution in [3.8, 4) is 0 Å². The third-order valence-corrected chi connectivity index (χ3v) is 3.51. The summed E-state index contributed by atoms with van der Waals surface area (Å²) in [4.78, 5) is 28.1. The number of pyridine rings is 1. The molecule has 0 bridgehead atoms. The highest BCUT2D eigenvalue weighted by molar-refractivity contribution is 6.33. The molecule has 1 aromatic heterocycles. The van der Waals surface area contributed by atoms with Crippen molar-refractivity contribution in [2.75, 3.05) is 18.4 Å². The van der Waals surface area contributed by atoms with E-state index >= 15 is 0 Å². The molecule has 2 amide bonds. The molecule has 0 radical (unpaired) electrons. The molecule has 0 saturated carbocycles. The van der Waals surface area contributed by atoms with Crippen LogP contribution in [-0.2, 0) is 4.79 Å². The number of aromatic nitrogens is 1. The van der Waals surface area contributed by atoms with Gasteiger partial charge in [-0.1, -0.05) is 18.5 Å². The molecule has 2 rings (SSSR count). The first-order valence-electron chi connectivity index (χ1n) is 7.10. The molecule has 1 aromatic rings. The lowest BCUT2D eigenvalue weighted by molar-refractivity contribution is -0.124. The van der Waals surface area contributed by atoms with E-state index in [0.29, 0.717) is 18.8 Å². The van der Waals surface area contributed by atoms with Gasteiger partial charge in [-0.05, 0) is 31.4 Å². The normalized spacial score (nSPS) is 18.0. The molecule has 1 atom stereocenters. The second kappa shape index (κ2) is 7.26. The number of nitrogens with zero attached hydrogens (tertiary/aromatic N) is 1. The van der Waals surface area contributed by atoms with Gasteiger partial charge >= 0.3 is 0 Å². The van der Waals surface area contributed by atoms with Crippen LogP contribution in [0.15, 0.2) is 12.1 Å². The fourth-order valence-corrected chi connectivity index (χ4v) is 2.28. The van der Waals surface area contributed by atoms with Crippen molar-refractivity contribution in [2.45, 2.75) is 32.2 Å². The Labute approximate surface area is 128 Å². The molecule has 0 aromatic carbocycles. The van der Waals surface area contributed by atoms with Crippen molar-refractivity contribution < 1.29 is 9.59 Å². The summed E-state index contributed by atoms with van der Waals surface area (Å²) in [6, 6.07) is 2.83. The minimum atomic E-state index is -0.517. The largest absolute Gasteiger partial charge is 0.370 e. The van der Waals surface area contributed by atoms with Crippen molar-refractivity contribution in [3.63, 3.8) is 0 Å². The quantitative estimate of drug-likeness (QED) is 0.771. The number of amides is 2. The first-order chi connectivity index (χ1) is 10.1. The Hall–Kier alpha value is -1.82. The summed E-state index contributed by atoms with van der Waals surface area (Å²) in [5.41, 5.74) is 0.135. The second-order valence-electron chi connectivity index (χ2n) is 4.91. The van der Waals surface area contributed by atoms with E-state index in [1.807, 2.05) is 6.92 Å². The van der Waals surface area contributed by atoms with Gasteiger partial charge in [-0.3, -0.25) is 9.59 Å². The fourth-order valence-electron chi connectivity index (χ4n) is 2.09. The molecule has 2 heterocycles. The van der Waals surface area contributed by atoms with Crippen LogP contribution in [0, 0.1) is 0 Å². The van der Waals surface area contributed by atoms with Crippen molar-refractivity contribution in [3.05, 3.63) is 22.8 Å². The summed E-state index contributed by atoms with van der Waals surface area (Å²) in [6.07, 6.45) is 2.42. The number of hydrogen-bond acceptors (Lipinski definition) is 4. The molecule has 1 fully saturated rings. The van der Waals surface area contributed by atoms with Gasteiger partial charge in [0.25, 0.3) is 5.91 Å². The summed E-state index contributed by atoms with van der Waals surface area (Å²) < 4.78 is 0. The SMILES string of the molecule is CCCNc1ccc(Cl)c(C(=O)NC2CCCNC2=O)n1. The van der Waals surface area contributed by atoms with Crippen LogP contribution >= 0.6 is 11.6 Å². The van der Waals surface area contributed by atoms with E-state index in [1.54, 1.807) is 12.1 Å². The van der Waals surface area contributed by atoms with E-state index in [4.69, 9.17) is 11.6 Å². The van der Waals surface area contributed by atoms with E-state index in [0.717, 1.165) is 19.4 Å². The Morgan fingerprint density at radius 3 is 3.05 bits per heavy atom. The Bertz CT molecular complexity index is 536. The lowest BCUT2D eigenvalue weighted by atomic mass is 10.1. The number of rotatable bonds is 5. The summed E-state index contributed by atoms with van der Waals surface area (Å²) >= 11 is 6.03. The van der Waals surface area contributed by atoms with Gasteiger partial charge in [0.05, 0.1) is 5.02 Å². The average Bonchev–Trinajstić information content (AvgIpc) is 2.48. The zero-order valence-corrected chi connectivity index (χ0v) is 12.7. The molecule has 3 N–H and O–H groups in total. The molecule has 21 heavy (non-hydrogen) atoms. The summed E-state index contributed by atoms with van der Waals surface area (Å²) in [7, 11) is 0. The third-order valence-electron chi connectivity index (χ3n) is 3.21. The predicted octanol–water partition coefficient (Wildman–Crippen LogP) is 1.57. The van der Waals surface area contributed by atoms with Gasteiger partial charge < -0.3 is 16.0 Å². The van der Waals surface area contributed by atoms with E-state index in [-0.39, 0.29) is 16.6 Å². The van der Waals surface area contributed by atoms with Gasteiger partial charge in [0, 0.05) is 13.1 Å². The fraction of sp³-hybridized carbons (Fsp3) is 0.500. The van der Waals surface area contributed by atoms with Gasteiger partial charge in [0.2, 0.25) is 5.91 Å². The highest BCUT2D eigenvalue weighted by Gasteiger charge is 2.25. The minimum absolute atomic E-state index is 0.135. The molecular weight excluding hydrogens is 292 g/mol. The molecule has 1 aliphatic heterocycles. The number of anilines is 1. The number of piperidine rings is 1. The first-order valence-corrected chi connectivity index (χ1v) is 7.48. The molecular formula is C14H19ClN4O2. The second-order valence-corrected chi connectivity index (χ2v) is 5.32. The maximum atomic E-state index is 12.2. The zero-order chi connectivity index (χ0) is 15.2. The number of hydrogen-bond donors (Lipinski definition) is 3. The van der Waals surface area contributed by atoms with Crippen LogP contribution in [0.25, 0.3) is 0 Å². The number of halogens is 1. The van der Waals surface area contributed by atoms with Crippen LogP contribution in [0.2, 0.25) is 5.02 Å². The summed E-state index contributed by atoms with van der Waals surface area (Å²) in [5.74, 6) is 0.00711. The van der Waals surface area contributed by atoms with Gasteiger partial charge in [0.15, 0.2) is 0 Å².